The summed E-state index contributed by atoms with van der Waals surface area (Å²) in [4.78, 5) is 7.34. The van der Waals surface area contributed by atoms with Gasteiger partial charge in [-0.3, -0.25) is 0 Å². The first-order valence-electron chi connectivity index (χ1n) is 10.5. The standard InChI is InChI=1S/C26H29ClN2O2S.HI/c1-5-32-26(28-25-16-22(27)11-6-19(25)2)29(17-20-7-12-23(30-3)13-8-20)18-21-9-14-24(31-4)15-10-21;/h6-16H,5,17-18H2,1-4H3;1H. The molecule has 0 saturated heterocycles. The van der Waals surface area contributed by atoms with Crippen molar-refractivity contribution in [3.63, 3.8) is 0 Å². The van der Waals surface area contributed by atoms with E-state index >= 15 is 0 Å². The fraction of sp³-hybridized carbons (Fsp3) is 0.269. The zero-order chi connectivity index (χ0) is 22.9. The van der Waals surface area contributed by atoms with Gasteiger partial charge in [0.05, 0.1) is 19.9 Å². The number of hydrogen-bond donors (Lipinski definition) is 0. The maximum atomic E-state index is 6.26. The highest BCUT2D eigenvalue weighted by molar-refractivity contribution is 14.0. The molecule has 3 aromatic rings. The smallest absolute Gasteiger partial charge is 0.164 e. The molecule has 0 N–H and O–H groups in total. The quantitative estimate of drug-likeness (QED) is 0.151. The third-order valence-corrected chi connectivity index (χ3v) is 6.13. The largest absolute Gasteiger partial charge is 0.497 e. The third-order valence-electron chi connectivity index (χ3n) is 5.00. The molecule has 0 radical (unpaired) electrons. The topological polar surface area (TPSA) is 34.1 Å². The number of ether oxygens (including phenoxy) is 2. The fourth-order valence-electron chi connectivity index (χ4n) is 3.22. The number of halogens is 2. The Bertz CT molecular complexity index is 994. The van der Waals surface area contributed by atoms with Crippen LogP contribution in [0.3, 0.4) is 0 Å². The number of rotatable bonds is 8. The number of amidine groups is 1. The molecule has 0 spiro atoms. The van der Waals surface area contributed by atoms with Crippen molar-refractivity contribution in [2.24, 2.45) is 4.99 Å². The van der Waals surface area contributed by atoms with E-state index in [9.17, 15) is 0 Å². The average Bonchev–Trinajstić information content (AvgIpc) is 2.81. The van der Waals surface area contributed by atoms with Crippen molar-refractivity contribution in [3.8, 4) is 11.5 Å². The van der Waals surface area contributed by atoms with Gasteiger partial charge in [0.1, 0.15) is 11.5 Å². The molecule has 0 fully saturated rings. The van der Waals surface area contributed by atoms with Crippen molar-refractivity contribution >= 4 is 58.2 Å². The predicted octanol–water partition coefficient (Wildman–Crippen LogP) is 7.73. The summed E-state index contributed by atoms with van der Waals surface area (Å²) >= 11 is 7.99. The first kappa shape index (κ1) is 27.3. The van der Waals surface area contributed by atoms with Gasteiger partial charge < -0.3 is 14.4 Å². The molecule has 7 heteroatoms. The van der Waals surface area contributed by atoms with Gasteiger partial charge in [0.15, 0.2) is 5.17 Å². The van der Waals surface area contributed by atoms with Crippen molar-refractivity contribution in [2.45, 2.75) is 26.9 Å². The molecule has 0 aliphatic rings. The zero-order valence-electron chi connectivity index (χ0n) is 19.4. The Balaban J connectivity index is 0.00000385. The summed E-state index contributed by atoms with van der Waals surface area (Å²) in [5.74, 6) is 2.61. The van der Waals surface area contributed by atoms with Crippen LogP contribution in [-0.4, -0.2) is 30.0 Å². The van der Waals surface area contributed by atoms with E-state index in [1.165, 1.54) is 11.1 Å². The van der Waals surface area contributed by atoms with Crippen LogP contribution in [0.1, 0.15) is 23.6 Å². The van der Waals surface area contributed by atoms with Crippen LogP contribution in [0.2, 0.25) is 5.02 Å². The highest BCUT2D eigenvalue weighted by Gasteiger charge is 2.15. The van der Waals surface area contributed by atoms with Gasteiger partial charge in [0.2, 0.25) is 0 Å². The second kappa shape index (κ2) is 13.7. The summed E-state index contributed by atoms with van der Waals surface area (Å²) in [7, 11) is 3.36. The van der Waals surface area contributed by atoms with Crippen LogP contribution in [0.15, 0.2) is 71.7 Å². The summed E-state index contributed by atoms with van der Waals surface area (Å²) in [6.07, 6.45) is 0. The van der Waals surface area contributed by atoms with Crippen molar-refractivity contribution in [1.29, 1.82) is 0 Å². The monoisotopic (exact) mass is 596 g/mol. The summed E-state index contributed by atoms with van der Waals surface area (Å²) in [6, 6.07) is 22.2. The van der Waals surface area contributed by atoms with Crippen LogP contribution < -0.4 is 9.47 Å². The van der Waals surface area contributed by atoms with E-state index in [-0.39, 0.29) is 24.0 Å². The van der Waals surface area contributed by atoms with Gasteiger partial charge in [0.25, 0.3) is 0 Å². The van der Waals surface area contributed by atoms with Crippen LogP contribution in [0, 0.1) is 6.92 Å². The fourth-order valence-corrected chi connectivity index (χ4v) is 4.12. The molecule has 176 valence electrons. The maximum absolute atomic E-state index is 6.26. The summed E-state index contributed by atoms with van der Waals surface area (Å²) in [5.41, 5.74) is 4.36. The average molecular weight is 597 g/mol. The Morgan fingerprint density at radius 3 is 1.85 bits per heavy atom. The molecule has 0 atom stereocenters. The number of thioether (sulfide) groups is 1. The highest BCUT2D eigenvalue weighted by atomic mass is 127. The van der Waals surface area contributed by atoms with Crippen molar-refractivity contribution in [3.05, 3.63) is 88.4 Å². The summed E-state index contributed by atoms with van der Waals surface area (Å²) in [6.45, 7) is 5.65. The van der Waals surface area contributed by atoms with Crippen LogP contribution in [0.5, 0.6) is 11.5 Å². The lowest BCUT2D eigenvalue weighted by Crippen LogP contribution is -2.28. The number of aliphatic imine (C=N–C) groups is 1. The van der Waals surface area contributed by atoms with Gasteiger partial charge in [-0.25, -0.2) is 4.99 Å². The van der Waals surface area contributed by atoms with E-state index in [4.69, 9.17) is 26.1 Å². The molecule has 0 saturated carbocycles. The van der Waals surface area contributed by atoms with Crippen molar-refractivity contribution < 1.29 is 9.47 Å². The Hall–Kier alpha value is -1.90. The second-order valence-electron chi connectivity index (χ2n) is 7.31. The van der Waals surface area contributed by atoms with Crippen LogP contribution in [-0.2, 0) is 13.1 Å². The number of nitrogens with zero attached hydrogens (tertiary/aromatic N) is 2. The van der Waals surface area contributed by atoms with E-state index in [2.05, 4.69) is 43.0 Å². The SMILES string of the molecule is CCSC(=Nc1cc(Cl)ccc1C)N(Cc1ccc(OC)cc1)Cc1ccc(OC)cc1.I. The van der Waals surface area contributed by atoms with E-state index < -0.39 is 0 Å². The molecule has 0 aliphatic carbocycles. The van der Waals surface area contributed by atoms with Crippen LogP contribution >= 0.6 is 47.3 Å². The Morgan fingerprint density at radius 2 is 1.39 bits per heavy atom. The molecule has 3 rings (SSSR count). The Kier molecular flexibility index (Phi) is 11.4. The third kappa shape index (κ3) is 8.12. The molecule has 33 heavy (non-hydrogen) atoms. The summed E-state index contributed by atoms with van der Waals surface area (Å²) < 4.78 is 10.6. The van der Waals surface area contributed by atoms with Crippen molar-refractivity contribution in [1.82, 2.24) is 4.90 Å². The van der Waals surface area contributed by atoms with Gasteiger partial charge >= 0.3 is 0 Å². The van der Waals surface area contributed by atoms with Gasteiger partial charge in [-0.15, -0.1) is 24.0 Å². The van der Waals surface area contributed by atoms with E-state index in [1.807, 2.05) is 42.5 Å². The van der Waals surface area contributed by atoms with Crippen LogP contribution in [0.25, 0.3) is 0 Å². The molecule has 4 nitrogen and oxygen atoms in total. The normalized spacial score (nSPS) is 11.0. The molecule has 0 heterocycles. The van der Waals surface area contributed by atoms with Gasteiger partial charge in [0, 0.05) is 18.1 Å². The Morgan fingerprint density at radius 1 is 0.879 bits per heavy atom. The molecule has 0 aromatic heterocycles. The Labute approximate surface area is 223 Å². The molecule has 0 amide bonds. The second-order valence-corrected chi connectivity index (χ2v) is 8.98. The predicted molar refractivity (Wildman–Crippen MR) is 152 cm³/mol. The minimum atomic E-state index is 0. The van der Waals surface area contributed by atoms with E-state index in [0.29, 0.717) is 5.02 Å². The summed E-state index contributed by atoms with van der Waals surface area (Å²) in [5, 5.41) is 1.65. The van der Waals surface area contributed by atoms with Crippen molar-refractivity contribution in [2.75, 3.05) is 20.0 Å². The zero-order valence-corrected chi connectivity index (χ0v) is 23.3. The first-order chi connectivity index (χ1) is 15.5. The first-order valence-corrected chi connectivity index (χ1v) is 11.9. The van der Waals surface area contributed by atoms with Gasteiger partial charge in [-0.05, 0) is 65.8 Å². The molecule has 3 aromatic carbocycles. The number of aryl methyl sites for hydroxylation is 1. The molecule has 0 unspecified atom stereocenters. The molecule has 0 bridgehead atoms. The van der Waals surface area contributed by atoms with E-state index in [1.54, 1.807) is 26.0 Å². The lowest BCUT2D eigenvalue weighted by molar-refractivity contribution is 0.405. The molecular formula is C26H30ClIN2O2S. The number of hydrogen-bond acceptors (Lipinski definition) is 4. The van der Waals surface area contributed by atoms with Gasteiger partial charge in [-0.2, -0.15) is 0 Å². The molecular weight excluding hydrogens is 567 g/mol. The highest BCUT2D eigenvalue weighted by Crippen LogP contribution is 2.27. The lowest BCUT2D eigenvalue weighted by atomic mass is 10.1. The number of methoxy groups -OCH3 is 2. The van der Waals surface area contributed by atoms with Crippen LogP contribution in [0.4, 0.5) is 5.69 Å². The maximum Gasteiger partial charge on any atom is 0.164 e. The minimum Gasteiger partial charge on any atom is -0.497 e. The minimum absolute atomic E-state index is 0. The lowest BCUT2D eigenvalue weighted by Gasteiger charge is -2.26. The molecule has 0 aliphatic heterocycles. The van der Waals surface area contributed by atoms with E-state index in [0.717, 1.165) is 46.8 Å². The van der Waals surface area contributed by atoms with Gasteiger partial charge in [-0.1, -0.05) is 60.6 Å². The number of benzene rings is 3.